The van der Waals surface area contributed by atoms with E-state index in [9.17, 15) is 19.2 Å². The van der Waals surface area contributed by atoms with Crippen molar-refractivity contribution in [2.45, 2.75) is 50.3 Å². The number of esters is 1. The van der Waals surface area contributed by atoms with E-state index in [1.54, 1.807) is 45.0 Å². The van der Waals surface area contributed by atoms with Crippen LogP contribution in [-0.2, 0) is 30.3 Å². The second kappa shape index (κ2) is 14.8. The highest BCUT2D eigenvalue weighted by Gasteiger charge is 2.54. The van der Waals surface area contributed by atoms with Crippen LogP contribution in [0.1, 0.15) is 43.6 Å². The summed E-state index contributed by atoms with van der Waals surface area (Å²) in [6.45, 7) is 5.29. The molecule has 1 fully saturated rings. The van der Waals surface area contributed by atoms with Crippen molar-refractivity contribution >= 4 is 41.3 Å². The third-order valence-electron chi connectivity index (χ3n) is 7.52. The van der Waals surface area contributed by atoms with Gasteiger partial charge in [0.05, 0.1) is 6.42 Å². The largest absolute Gasteiger partial charge is 0.448 e. The third kappa shape index (κ3) is 8.27. The van der Waals surface area contributed by atoms with Crippen molar-refractivity contribution in [1.82, 2.24) is 15.1 Å². The molecule has 3 aromatic carbocycles. The van der Waals surface area contributed by atoms with Crippen molar-refractivity contribution in [2.24, 2.45) is 0 Å². The molecule has 0 spiro atoms. The molecule has 0 aliphatic carbocycles. The summed E-state index contributed by atoms with van der Waals surface area (Å²) in [5, 5.41) is 5.06. The van der Waals surface area contributed by atoms with Gasteiger partial charge in [0.2, 0.25) is 5.91 Å². The number of nitrogens with one attached hydrogen (secondary N) is 2. The van der Waals surface area contributed by atoms with E-state index in [1.807, 2.05) is 91.9 Å². The maximum absolute atomic E-state index is 14.1. The van der Waals surface area contributed by atoms with E-state index in [-0.39, 0.29) is 12.1 Å². The highest BCUT2D eigenvalue weighted by Crippen LogP contribution is 2.42. The van der Waals surface area contributed by atoms with Gasteiger partial charge in [-0.2, -0.15) is 0 Å². The lowest BCUT2D eigenvalue weighted by Gasteiger charge is -2.49. The van der Waals surface area contributed by atoms with Crippen molar-refractivity contribution in [3.63, 3.8) is 0 Å². The standard InChI is InChI=1S/C37H40N4O6S/c1-37(2,3)47-36(45)38-28-19-13-12-18-26(28)22-29(42)39-30-33(43)41-31(27(20-21-40(4)5)23-48-34(30)41)35(44)46-32(24-14-8-6-9-15-24)25-16-10-7-11-17-25/h6-21,30,32,34H,22-23H2,1-5H3,(H,38,45)(H,39,42)/b21-20+. The molecule has 2 atom stereocenters. The van der Waals surface area contributed by atoms with Crippen LogP contribution in [0.25, 0.3) is 0 Å². The fourth-order valence-corrected chi connectivity index (χ4v) is 6.67. The molecular weight excluding hydrogens is 628 g/mol. The van der Waals surface area contributed by atoms with Gasteiger partial charge in [0.15, 0.2) is 6.10 Å². The van der Waals surface area contributed by atoms with E-state index >= 15 is 0 Å². The Morgan fingerprint density at radius 1 is 0.958 bits per heavy atom. The zero-order chi connectivity index (χ0) is 34.4. The Hall–Kier alpha value is -5.03. The van der Waals surface area contributed by atoms with Crippen LogP contribution in [-0.4, -0.2) is 70.5 Å². The van der Waals surface area contributed by atoms with Gasteiger partial charge in [-0.1, -0.05) is 78.9 Å². The number of hydrogen-bond acceptors (Lipinski definition) is 8. The van der Waals surface area contributed by atoms with Gasteiger partial charge >= 0.3 is 12.1 Å². The quantitative estimate of drug-likeness (QED) is 0.211. The van der Waals surface area contributed by atoms with Crippen molar-refractivity contribution in [3.05, 3.63) is 125 Å². The Bertz CT molecular complexity index is 1680. The minimum atomic E-state index is -0.838. The first-order valence-electron chi connectivity index (χ1n) is 15.6. The molecule has 2 heterocycles. The summed E-state index contributed by atoms with van der Waals surface area (Å²) in [7, 11) is 3.74. The maximum atomic E-state index is 14.1. The van der Waals surface area contributed by atoms with Crippen molar-refractivity contribution in [2.75, 3.05) is 25.2 Å². The average molecular weight is 669 g/mol. The molecule has 3 amide bonds. The van der Waals surface area contributed by atoms with Crippen LogP contribution in [0.5, 0.6) is 0 Å². The summed E-state index contributed by atoms with van der Waals surface area (Å²) in [6, 6.07) is 25.0. The number of carbonyl (C=O) groups is 4. The number of thioether (sulfide) groups is 1. The molecule has 250 valence electrons. The van der Waals surface area contributed by atoms with Gasteiger partial charge in [0.1, 0.15) is 22.7 Å². The number of benzene rings is 3. The Morgan fingerprint density at radius 2 is 1.56 bits per heavy atom. The summed E-state index contributed by atoms with van der Waals surface area (Å²) < 4.78 is 11.5. The molecule has 11 heteroatoms. The Labute approximate surface area is 285 Å². The number of β-lactam (4-membered cyclic amide) rings is 1. The number of amides is 3. The lowest BCUT2D eigenvalue weighted by atomic mass is 10.00. The van der Waals surface area contributed by atoms with Crippen LogP contribution in [0.15, 0.2) is 108 Å². The smallest absolute Gasteiger partial charge is 0.412 e. The van der Waals surface area contributed by atoms with Gasteiger partial charge < -0.3 is 19.7 Å². The molecule has 0 bridgehead atoms. The number of ether oxygens (including phenoxy) is 2. The molecule has 2 N–H and O–H groups in total. The van der Waals surface area contributed by atoms with Gasteiger partial charge in [0.25, 0.3) is 5.91 Å². The van der Waals surface area contributed by atoms with Crippen LogP contribution >= 0.6 is 11.8 Å². The Kier molecular flexibility index (Phi) is 10.6. The second-order valence-electron chi connectivity index (χ2n) is 12.7. The molecule has 10 nitrogen and oxygen atoms in total. The molecule has 2 aliphatic heterocycles. The Morgan fingerprint density at radius 3 is 2.17 bits per heavy atom. The molecule has 0 saturated carbocycles. The molecule has 1 saturated heterocycles. The van der Waals surface area contributed by atoms with Crippen molar-refractivity contribution < 1.29 is 28.7 Å². The van der Waals surface area contributed by atoms with E-state index in [2.05, 4.69) is 10.6 Å². The van der Waals surface area contributed by atoms with Crippen LogP contribution < -0.4 is 10.6 Å². The highest BCUT2D eigenvalue weighted by atomic mass is 32.2. The summed E-state index contributed by atoms with van der Waals surface area (Å²) in [5.74, 6) is -0.998. The summed E-state index contributed by atoms with van der Waals surface area (Å²) in [6.07, 6.45) is 2.23. The molecule has 2 unspecified atom stereocenters. The van der Waals surface area contributed by atoms with Crippen LogP contribution in [0.3, 0.4) is 0 Å². The van der Waals surface area contributed by atoms with Gasteiger partial charge in [0, 0.05) is 25.5 Å². The number of hydrogen-bond donors (Lipinski definition) is 2. The first-order valence-corrected chi connectivity index (χ1v) is 16.7. The summed E-state index contributed by atoms with van der Waals surface area (Å²) in [4.78, 5) is 56.7. The van der Waals surface area contributed by atoms with Gasteiger partial charge in [-0.3, -0.25) is 19.8 Å². The maximum Gasteiger partial charge on any atom is 0.412 e. The first kappa shape index (κ1) is 34.3. The number of para-hydroxylation sites is 1. The highest BCUT2D eigenvalue weighted by molar-refractivity contribution is 8.00. The predicted molar refractivity (Wildman–Crippen MR) is 186 cm³/mol. The van der Waals surface area contributed by atoms with Crippen LogP contribution in [0.2, 0.25) is 0 Å². The topological polar surface area (TPSA) is 117 Å². The molecule has 5 rings (SSSR count). The fourth-order valence-electron chi connectivity index (χ4n) is 5.35. The predicted octanol–water partition coefficient (Wildman–Crippen LogP) is 5.64. The summed E-state index contributed by atoms with van der Waals surface area (Å²) >= 11 is 1.46. The second-order valence-corrected chi connectivity index (χ2v) is 13.8. The van der Waals surface area contributed by atoms with E-state index < -0.39 is 47.0 Å². The lowest BCUT2D eigenvalue weighted by molar-refractivity contribution is -0.154. The number of rotatable bonds is 10. The summed E-state index contributed by atoms with van der Waals surface area (Å²) in [5.41, 5.74) is 2.72. The zero-order valence-corrected chi connectivity index (χ0v) is 28.5. The van der Waals surface area contributed by atoms with Gasteiger partial charge in [-0.05, 0) is 61.4 Å². The molecule has 2 aliphatic rings. The SMILES string of the molecule is CN(C)/C=C/C1=C(C(=O)OC(c2ccccc2)c2ccccc2)N2C(=O)C(NC(=O)Cc3ccccc3NC(=O)OC(C)(C)C)C2SC1. The molecule has 3 aromatic rings. The molecule has 48 heavy (non-hydrogen) atoms. The van der Waals surface area contributed by atoms with Crippen LogP contribution in [0.4, 0.5) is 10.5 Å². The number of allylic oxidation sites excluding steroid dienone is 1. The van der Waals surface area contributed by atoms with Gasteiger partial charge in [-0.15, -0.1) is 11.8 Å². The number of fused-ring (bicyclic) bond motifs is 1. The van der Waals surface area contributed by atoms with E-state index in [0.717, 1.165) is 11.1 Å². The van der Waals surface area contributed by atoms with Crippen molar-refractivity contribution in [1.29, 1.82) is 0 Å². The third-order valence-corrected chi connectivity index (χ3v) is 8.82. The zero-order valence-electron chi connectivity index (χ0n) is 27.6. The van der Waals surface area contributed by atoms with Crippen molar-refractivity contribution in [3.8, 4) is 0 Å². The monoisotopic (exact) mass is 668 g/mol. The minimum absolute atomic E-state index is 0.0788. The lowest BCUT2D eigenvalue weighted by Crippen LogP contribution is -2.70. The van der Waals surface area contributed by atoms with Gasteiger partial charge in [-0.25, -0.2) is 9.59 Å². The fraction of sp³-hybridized carbons (Fsp3) is 0.297. The average Bonchev–Trinajstić information content (AvgIpc) is 3.05. The molecular formula is C37H40N4O6S. The molecule has 0 radical (unpaired) electrons. The Balaban J connectivity index is 1.34. The minimum Gasteiger partial charge on any atom is -0.448 e. The number of nitrogens with zero attached hydrogens (tertiary/aromatic N) is 2. The van der Waals surface area contributed by atoms with E-state index in [4.69, 9.17) is 9.47 Å². The van der Waals surface area contributed by atoms with E-state index in [0.29, 0.717) is 22.6 Å². The molecule has 0 aromatic heterocycles. The first-order chi connectivity index (χ1) is 22.9. The number of anilines is 1. The van der Waals surface area contributed by atoms with E-state index in [1.165, 1.54) is 16.7 Å². The number of carbonyl (C=O) groups excluding carboxylic acids is 4. The van der Waals surface area contributed by atoms with Crippen LogP contribution in [0, 0.1) is 0 Å². The normalized spacial score (nSPS) is 17.5.